The van der Waals surface area contributed by atoms with Crippen molar-refractivity contribution < 1.29 is 18.0 Å². The van der Waals surface area contributed by atoms with E-state index in [1.165, 1.54) is 17.8 Å². The Morgan fingerprint density at radius 1 is 1.25 bits per heavy atom. The van der Waals surface area contributed by atoms with Crippen LogP contribution in [0.5, 0.6) is 0 Å². The molecule has 1 aromatic heterocycles. The molecule has 7 nitrogen and oxygen atoms in total. The van der Waals surface area contributed by atoms with Crippen LogP contribution in [0.3, 0.4) is 0 Å². The predicted molar refractivity (Wildman–Crippen MR) is 98.3 cm³/mol. The van der Waals surface area contributed by atoms with Gasteiger partial charge in [-0.3, -0.25) is 4.79 Å². The quantitative estimate of drug-likeness (QED) is 0.734. The molecule has 2 heterocycles. The van der Waals surface area contributed by atoms with E-state index < -0.39 is 17.6 Å². The van der Waals surface area contributed by atoms with E-state index in [2.05, 4.69) is 20.8 Å². The van der Waals surface area contributed by atoms with Crippen molar-refractivity contribution in [3.63, 3.8) is 0 Å². The van der Waals surface area contributed by atoms with Crippen LogP contribution in [0.4, 0.5) is 24.5 Å². The second kappa shape index (κ2) is 7.61. The smallest absolute Gasteiger partial charge is 0.370 e. The van der Waals surface area contributed by atoms with E-state index in [0.717, 1.165) is 50.9 Å². The number of benzene rings is 1. The number of thioether (sulfide) groups is 1. The summed E-state index contributed by atoms with van der Waals surface area (Å²) in [4.78, 5) is 14.4. The van der Waals surface area contributed by atoms with Crippen LogP contribution in [0.15, 0.2) is 23.4 Å². The zero-order chi connectivity index (χ0) is 19.7. The Hall–Kier alpha value is -2.30. The van der Waals surface area contributed by atoms with Crippen molar-refractivity contribution in [1.29, 1.82) is 0 Å². The van der Waals surface area contributed by atoms with Crippen LogP contribution in [0.25, 0.3) is 0 Å². The number of amides is 1. The van der Waals surface area contributed by atoms with Crippen molar-refractivity contribution in [1.82, 2.24) is 20.2 Å². The Bertz CT molecular complexity index is 861. The first-order valence-electron chi connectivity index (χ1n) is 9.08. The number of nitrogens with zero attached hydrogens (tertiary/aromatic N) is 5. The van der Waals surface area contributed by atoms with Crippen LogP contribution in [0, 0.1) is 0 Å². The first-order chi connectivity index (χ1) is 13.4. The van der Waals surface area contributed by atoms with Crippen LogP contribution in [-0.2, 0) is 11.0 Å². The first kappa shape index (κ1) is 19.0. The Morgan fingerprint density at radius 3 is 2.68 bits per heavy atom. The Balaban J connectivity index is 1.48. The van der Waals surface area contributed by atoms with Crippen molar-refractivity contribution in [3.05, 3.63) is 23.8 Å². The molecule has 1 saturated heterocycles. The molecule has 0 atom stereocenters. The van der Waals surface area contributed by atoms with Gasteiger partial charge in [0.15, 0.2) is 0 Å². The molecular weight excluding hydrogens is 393 g/mol. The number of hydrogen-bond donors (Lipinski definition) is 1. The molecule has 0 spiro atoms. The van der Waals surface area contributed by atoms with Crippen molar-refractivity contribution in [2.75, 3.05) is 29.1 Å². The van der Waals surface area contributed by atoms with E-state index in [0.29, 0.717) is 10.8 Å². The molecule has 0 bridgehead atoms. The maximum atomic E-state index is 13.1. The maximum Gasteiger partial charge on any atom is 0.416 e. The van der Waals surface area contributed by atoms with E-state index in [-0.39, 0.29) is 17.5 Å². The summed E-state index contributed by atoms with van der Waals surface area (Å²) in [6.07, 6.45) is -0.491. The van der Waals surface area contributed by atoms with Gasteiger partial charge in [0.2, 0.25) is 11.1 Å². The minimum Gasteiger partial charge on any atom is -0.370 e. The summed E-state index contributed by atoms with van der Waals surface area (Å²) < 4.78 is 41.0. The molecule has 1 aliphatic heterocycles. The van der Waals surface area contributed by atoms with E-state index in [9.17, 15) is 18.0 Å². The van der Waals surface area contributed by atoms with Gasteiger partial charge in [0.05, 0.1) is 28.7 Å². The van der Waals surface area contributed by atoms with Gasteiger partial charge in [-0.05, 0) is 54.3 Å². The van der Waals surface area contributed by atoms with Crippen molar-refractivity contribution >= 4 is 29.0 Å². The molecule has 2 aromatic rings. The lowest BCUT2D eigenvalue weighted by Crippen LogP contribution is -2.22. The summed E-state index contributed by atoms with van der Waals surface area (Å²) in [5.41, 5.74) is 0.0202. The molecule has 1 aromatic carbocycles. The van der Waals surface area contributed by atoms with Gasteiger partial charge in [0, 0.05) is 13.1 Å². The fourth-order valence-electron chi connectivity index (χ4n) is 3.19. The third kappa shape index (κ3) is 4.23. The number of alkyl halides is 3. The fraction of sp³-hybridized carbons (Fsp3) is 0.529. The molecule has 150 valence electrons. The SMILES string of the molecule is O=C(CSc1nnnn1C1CC1)Nc1cc(C(F)(F)F)ccc1N1CCCC1. The molecule has 28 heavy (non-hydrogen) atoms. The Kier molecular flexibility index (Phi) is 5.17. The number of carbonyl (C=O) groups is 1. The van der Waals surface area contributed by atoms with Crippen LogP contribution in [0.2, 0.25) is 0 Å². The number of carbonyl (C=O) groups excluding carboxylic acids is 1. The van der Waals surface area contributed by atoms with Gasteiger partial charge in [0.25, 0.3) is 0 Å². The van der Waals surface area contributed by atoms with Crippen molar-refractivity contribution in [3.8, 4) is 0 Å². The predicted octanol–water partition coefficient (Wildman–Crippen LogP) is 3.36. The molecule has 2 fully saturated rings. The third-order valence-corrected chi connectivity index (χ3v) is 5.67. The molecular formula is C17H19F3N6OS. The second-order valence-electron chi connectivity index (χ2n) is 6.90. The lowest BCUT2D eigenvalue weighted by molar-refractivity contribution is -0.137. The molecule has 1 saturated carbocycles. The van der Waals surface area contributed by atoms with Gasteiger partial charge in [-0.2, -0.15) is 13.2 Å². The van der Waals surface area contributed by atoms with E-state index >= 15 is 0 Å². The van der Waals surface area contributed by atoms with Gasteiger partial charge in [0.1, 0.15) is 0 Å². The number of halogens is 3. The van der Waals surface area contributed by atoms with Crippen LogP contribution >= 0.6 is 11.8 Å². The molecule has 1 N–H and O–H groups in total. The highest BCUT2D eigenvalue weighted by Crippen LogP contribution is 2.38. The fourth-order valence-corrected chi connectivity index (χ4v) is 3.94. The zero-order valence-electron chi connectivity index (χ0n) is 14.9. The molecule has 1 amide bonds. The topological polar surface area (TPSA) is 75.9 Å². The maximum absolute atomic E-state index is 13.1. The van der Waals surface area contributed by atoms with E-state index in [1.54, 1.807) is 4.68 Å². The van der Waals surface area contributed by atoms with Gasteiger partial charge in [-0.15, -0.1) is 5.10 Å². The highest BCUT2D eigenvalue weighted by atomic mass is 32.2. The van der Waals surface area contributed by atoms with Gasteiger partial charge < -0.3 is 10.2 Å². The molecule has 2 aliphatic rings. The number of rotatable bonds is 6. The van der Waals surface area contributed by atoms with Gasteiger partial charge in [-0.1, -0.05) is 11.8 Å². The average Bonchev–Trinajstić information content (AvgIpc) is 3.16. The molecule has 4 rings (SSSR count). The normalized spacial score (nSPS) is 17.2. The summed E-state index contributed by atoms with van der Waals surface area (Å²) in [7, 11) is 0. The van der Waals surface area contributed by atoms with Crippen LogP contribution in [-0.4, -0.2) is 45.0 Å². The molecule has 11 heteroatoms. The number of aromatic nitrogens is 4. The highest BCUT2D eigenvalue weighted by molar-refractivity contribution is 7.99. The van der Waals surface area contributed by atoms with E-state index in [4.69, 9.17) is 0 Å². The Labute approximate surface area is 163 Å². The standard InChI is InChI=1S/C17H19F3N6OS/c18-17(19,20)11-3-6-14(25-7-1-2-8-25)13(9-11)21-15(27)10-28-16-22-23-24-26(16)12-4-5-12/h3,6,9,12H,1-2,4-5,7-8,10H2,(H,21,27). The summed E-state index contributed by atoms with van der Waals surface area (Å²) in [5.74, 6) is -0.377. The largest absolute Gasteiger partial charge is 0.416 e. The number of nitrogens with one attached hydrogen (secondary N) is 1. The minimum absolute atomic E-state index is 0.0166. The summed E-state index contributed by atoms with van der Waals surface area (Å²) in [6, 6.07) is 3.78. The Morgan fingerprint density at radius 2 is 2.00 bits per heavy atom. The lowest BCUT2D eigenvalue weighted by Gasteiger charge is -2.23. The summed E-state index contributed by atoms with van der Waals surface area (Å²) in [6.45, 7) is 1.53. The monoisotopic (exact) mass is 412 g/mol. The van der Waals surface area contributed by atoms with Crippen molar-refractivity contribution in [2.45, 2.75) is 43.1 Å². The summed E-state index contributed by atoms with van der Waals surface area (Å²) in [5, 5.41) is 14.6. The molecule has 1 aliphatic carbocycles. The average molecular weight is 412 g/mol. The zero-order valence-corrected chi connectivity index (χ0v) is 15.8. The number of tetrazole rings is 1. The lowest BCUT2D eigenvalue weighted by atomic mass is 10.1. The third-order valence-electron chi connectivity index (χ3n) is 4.73. The summed E-state index contributed by atoms with van der Waals surface area (Å²) >= 11 is 1.18. The van der Waals surface area contributed by atoms with Crippen molar-refractivity contribution in [2.24, 2.45) is 0 Å². The van der Waals surface area contributed by atoms with E-state index in [1.807, 2.05) is 4.90 Å². The molecule has 0 unspecified atom stereocenters. The first-order valence-corrected chi connectivity index (χ1v) is 10.1. The van der Waals surface area contributed by atoms with Gasteiger partial charge in [-0.25, -0.2) is 4.68 Å². The number of hydrogen-bond acceptors (Lipinski definition) is 6. The minimum atomic E-state index is -4.47. The van der Waals surface area contributed by atoms with Crippen LogP contribution < -0.4 is 10.2 Å². The van der Waals surface area contributed by atoms with Gasteiger partial charge >= 0.3 is 6.18 Å². The van der Waals surface area contributed by atoms with Crippen LogP contribution in [0.1, 0.15) is 37.3 Å². The molecule has 0 radical (unpaired) electrons. The second-order valence-corrected chi connectivity index (χ2v) is 7.84. The number of anilines is 2. The highest BCUT2D eigenvalue weighted by Gasteiger charge is 2.32.